The molecular weight excluding hydrogens is 286 g/mol. The van der Waals surface area contributed by atoms with E-state index in [4.69, 9.17) is 0 Å². The summed E-state index contributed by atoms with van der Waals surface area (Å²) < 4.78 is 0. The average molecular weight is 311 g/mol. The SMILES string of the molecule is CC1CCCCC1N/C=C(/C#N)C(=O)NCCc1ccccc1. The van der Waals surface area contributed by atoms with E-state index in [1.165, 1.54) is 24.8 Å². The van der Waals surface area contributed by atoms with Crippen molar-refractivity contribution in [3.63, 3.8) is 0 Å². The minimum Gasteiger partial charge on any atom is -0.387 e. The molecule has 4 heteroatoms. The Morgan fingerprint density at radius 3 is 2.74 bits per heavy atom. The lowest BCUT2D eigenvalue weighted by atomic mass is 9.86. The Hall–Kier alpha value is -2.28. The van der Waals surface area contributed by atoms with Crippen LogP contribution in [0.4, 0.5) is 0 Å². The first kappa shape index (κ1) is 17.1. The van der Waals surface area contributed by atoms with Gasteiger partial charge in [0.1, 0.15) is 11.6 Å². The predicted molar refractivity (Wildman–Crippen MR) is 91.4 cm³/mol. The highest BCUT2D eigenvalue weighted by Crippen LogP contribution is 2.23. The Morgan fingerprint density at radius 1 is 1.30 bits per heavy atom. The number of carbonyl (C=O) groups excluding carboxylic acids is 1. The maximum atomic E-state index is 12.1. The lowest BCUT2D eigenvalue weighted by Gasteiger charge is -2.29. The topological polar surface area (TPSA) is 64.9 Å². The van der Waals surface area contributed by atoms with E-state index < -0.39 is 0 Å². The van der Waals surface area contributed by atoms with E-state index in [1.54, 1.807) is 6.20 Å². The van der Waals surface area contributed by atoms with Gasteiger partial charge in [0.25, 0.3) is 5.91 Å². The van der Waals surface area contributed by atoms with E-state index in [0.717, 1.165) is 12.8 Å². The van der Waals surface area contributed by atoms with Gasteiger partial charge in [0.15, 0.2) is 0 Å². The molecule has 0 radical (unpaired) electrons. The molecule has 122 valence electrons. The smallest absolute Gasteiger partial charge is 0.263 e. The molecule has 4 nitrogen and oxygen atoms in total. The quantitative estimate of drug-likeness (QED) is 0.627. The van der Waals surface area contributed by atoms with E-state index in [-0.39, 0.29) is 11.5 Å². The van der Waals surface area contributed by atoms with Gasteiger partial charge >= 0.3 is 0 Å². The molecule has 1 aliphatic rings. The maximum Gasteiger partial charge on any atom is 0.263 e. The molecule has 0 aromatic heterocycles. The van der Waals surface area contributed by atoms with Gasteiger partial charge in [-0.15, -0.1) is 0 Å². The molecule has 2 N–H and O–H groups in total. The van der Waals surface area contributed by atoms with Crippen LogP contribution < -0.4 is 10.6 Å². The van der Waals surface area contributed by atoms with Crippen molar-refractivity contribution in [2.45, 2.75) is 45.1 Å². The summed E-state index contributed by atoms with van der Waals surface area (Å²) >= 11 is 0. The Kier molecular flexibility index (Phi) is 6.68. The fourth-order valence-corrected chi connectivity index (χ4v) is 2.96. The summed E-state index contributed by atoms with van der Waals surface area (Å²) in [7, 11) is 0. The number of hydrogen-bond donors (Lipinski definition) is 2. The van der Waals surface area contributed by atoms with Crippen molar-refractivity contribution < 1.29 is 4.79 Å². The van der Waals surface area contributed by atoms with Crippen molar-refractivity contribution in [2.75, 3.05) is 6.54 Å². The van der Waals surface area contributed by atoms with Crippen LogP contribution in [0.1, 0.15) is 38.2 Å². The number of nitrogens with zero attached hydrogens (tertiary/aromatic N) is 1. The molecule has 0 saturated heterocycles. The molecule has 1 saturated carbocycles. The lowest BCUT2D eigenvalue weighted by molar-refractivity contribution is -0.117. The van der Waals surface area contributed by atoms with Crippen LogP contribution in [-0.2, 0) is 11.2 Å². The lowest BCUT2D eigenvalue weighted by Crippen LogP contribution is -2.35. The zero-order valence-electron chi connectivity index (χ0n) is 13.7. The monoisotopic (exact) mass is 311 g/mol. The van der Waals surface area contributed by atoms with Crippen LogP contribution in [0.5, 0.6) is 0 Å². The first-order valence-electron chi connectivity index (χ1n) is 8.39. The fourth-order valence-electron chi connectivity index (χ4n) is 2.96. The van der Waals surface area contributed by atoms with Crippen molar-refractivity contribution in [2.24, 2.45) is 5.92 Å². The van der Waals surface area contributed by atoms with Crippen molar-refractivity contribution >= 4 is 5.91 Å². The molecule has 0 bridgehead atoms. The van der Waals surface area contributed by atoms with Crippen LogP contribution in [-0.4, -0.2) is 18.5 Å². The third-order valence-electron chi connectivity index (χ3n) is 4.46. The summed E-state index contributed by atoms with van der Waals surface area (Å²) in [6, 6.07) is 12.3. The predicted octanol–water partition coefficient (Wildman–Crippen LogP) is 2.92. The molecule has 0 spiro atoms. The first-order valence-corrected chi connectivity index (χ1v) is 8.39. The molecule has 1 aromatic rings. The number of hydrogen-bond acceptors (Lipinski definition) is 3. The van der Waals surface area contributed by atoms with Crippen LogP contribution in [0.15, 0.2) is 42.1 Å². The highest BCUT2D eigenvalue weighted by molar-refractivity contribution is 5.97. The average Bonchev–Trinajstić information content (AvgIpc) is 2.58. The normalized spacial score (nSPS) is 21.3. The Balaban J connectivity index is 1.81. The number of nitrogens with one attached hydrogen (secondary N) is 2. The number of amides is 1. The second-order valence-corrected chi connectivity index (χ2v) is 6.20. The molecular formula is C19H25N3O. The third-order valence-corrected chi connectivity index (χ3v) is 4.46. The summed E-state index contributed by atoms with van der Waals surface area (Å²) in [5, 5.41) is 15.3. The molecule has 1 amide bonds. The standard InChI is InChI=1S/C19H25N3O/c1-15-7-5-6-10-18(15)22-14-17(13-20)19(23)21-12-11-16-8-3-2-4-9-16/h2-4,8-9,14-15,18,22H,5-7,10-12H2,1H3,(H,21,23)/b17-14-. The molecule has 1 fully saturated rings. The Morgan fingerprint density at radius 2 is 2.04 bits per heavy atom. The van der Waals surface area contributed by atoms with Gasteiger partial charge in [-0.25, -0.2) is 0 Å². The van der Waals surface area contributed by atoms with Crippen LogP contribution in [0, 0.1) is 17.2 Å². The van der Waals surface area contributed by atoms with Crippen LogP contribution >= 0.6 is 0 Å². The molecule has 0 aliphatic heterocycles. The Labute approximate surface area is 138 Å². The van der Waals surface area contributed by atoms with E-state index in [9.17, 15) is 10.1 Å². The van der Waals surface area contributed by atoms with E-state index in [0.29, 0.717) is 18.5 Å². The summed E-state index contributed by atoms with van der Waals surface area (Å²) in [6.07, 6.45) is 7.14. The van der Waals surface area contributed by atoms with Gasteiger partial charge in [0.2, 0.25) is 0 Å². The highest BCUT2D eigenvalue weighted by atomic mass is 16.1. The van der Waals surface area contributed by atoms with E-state index in [1.807, 2.05) is 36.4 Å². The van der Waals surface area contributed by atoms with Gasteiger partial charge in [0.05, 0.1) is 0 Å². The fraction of sp³-hybridized carbons (Fsp3) is 0.474. The van der Waals surface area contributed by atoms with Crippen molar-refractivity contribution in [1.82, 2.24) is 10.6 Å². The van der Waals surface area contributed by atoms with Gasteiger partial charge in [-0.05, 0) is 30.7 Å². The summed E-state index contributed by atoms with van der Waals surface area (Å²) in [5.74, 6) is 0.278. The van der Waals surface area contributed by atoms with Crippen molar-refractivity contribution in [3.8, 4) is 6.07 Å². The number of nitriles is 1. The van der Waals surface area contributed by atoms with Gasteiger partial charge in [-0.1, -0.05) is 50.1 Å². The van der Waals surface area contributed by atoms with Crippen molar-refractivity contribution in [3.05, 3.63) is 47.7 Å². The van der Waals surface area contributed by atoms with Crippen molar-refractivity contribution in [1.29, 1.82) is 5.26 Å². The third kappa shape index (κ3) is 5.45. The molecule has 2 rings (SSSR count). The van der Waals surface area contributed by atoms with Crippen LogP contribution in [0.2, 0.25) is 0 Å². The zero-order valence-corrected chi connectivity index (χ0v) is 13.7. The number of carbonyl (C=O) groups is 1. The minimum absolute atomic E-state index is 0.149. The van der Waals surface area contributed by atoms with E-state index in [2.05, 4.69) is 17.6 Å². The molecule has 2 atom stereocenters. The maximum absolute atomic E-state index is 12.1. The summed E-state index contributed by atoms with van der Waals surface area (Å²) in [5.41, 5.74) is 1.32. The van der Waals surface area contributed by atoms with Gasteiger partial charge < -0.3 is 10.6 Å². The molecule has 0 heterocycles. The molecule has 1 aromatic carbocycles. The highest BCUT2D eigenvalue weighted by Gasteiger charge is 2.20. The van der Waals surface area contributed by atoms with E-state index >= 15 is 0 Å². The second kappa shape index (κ2) is 8.99. The Bertz CT molecular complexity index is 574. The molecule has 2 unspecified atom stereocenters. The minimum atomic E-state index is -0.306. The molecule has 1 aliphatic carbocycles. The van der Waals surface area contributed by atoms with Gasteiger partial charge in [0, 0.05) is 18.8 Å². The summed E-state index contributed by atoms with van der Waals surface area (Å²) in [6.45, 7) is 2.75. The number of rotatable bonds is 6. The van der Waals surface area contributed by atoms with Gasteiger partial charge in [-0.2, -0.15) is 5.26 Å². The largest absolute Gasteiger partial charge is 0.387 e. The molecule has 23 heavy (non-hydrogen) atoms. The first-order chi connectivity index (χ1) is 11.2. The zero-order chi connectivity index (χ0) is 16.5. The number of benzene rings is 1. The van der Waals surface area contributed by atoms with Gasteiger partial charge in [-0.3, -0.25) is 4.79 Å². The van der Waals surface area contributed by atoms with Crippen LogP contribution in [0.25, 0.3) is 0 Å². The summed E-state index contributed by atoms with van der Waals surface area (Å²) in [4.78, 5) is 12.1. The van der Waals surface area contributed by atoms with Crippen LogP contribution in [0.3, 0.4) is 0 Å². The second-order valence-electron chi connectivity index (χ2n) is 6.20.